The summed E-state index contributed by atoms with van der Waals surface area (Å²) < 4.78 is 5.19. The molecule has 3 aromatic rings. The Bertz CT molecular complexity index is 1030. The first kappa shape index (κ1) is 16.1. The van der Waals surface area contributed by atoms with Gasteiger partial charge in [0.25, 0.3) is 5.91 Å². The largest absolute Gasteiger partial charge is 0.423 e. The minimum atomic E-state index is -0.397. The second-order valence-corrected chi connectivity index (χ2v) is 6.53. The van der Waals surface area contributed by atoms with Crippen LogP contribution in [0.15, 0.2) is 38.9 Å². The molecule has 0 saturated heterocycles. The van der Waals surface area contributed by atoms with Gasteiger partial charge in [-0.3, -0.25) is 9.59 Å². The molecule has 6 heteroatoms. The van der Waals surface area contributed by atoms with E-state index in [1.807, 2.05) is 13.8 Å². The standard InChI is InChI=1S/C18H15NO4S/c1-9-5-17(21)23-15-4-10(2)14(7-13(9)15)19-18(22)12-6-16(11(3)20)24-8-12/h4-8H,1-3H3,(H,19,22). The fourth-order valence-electron chi connectivity index (χ4n) is 2.44. The number of thiophene rings is 1. The molecule has 0 radical (unpaired) electrons. The maximum absolute atomic E-state index is 12.4. The second-order valence-electron chi connectivity index (χ2n) is 5.62. The number of hydrogen-bond donors (Lipinski definition) is 1. The summed E-state index contributed by atoms with van der Waals surface area (Å²) in [6.45, 7) is 5.11. The molecular weight excluding hydrogens is 326 g/mol. The number of hydrogen-bond acceptors (Lipinski definition) is 5. The van der Waals surface area contributed by atoms with E-state index in [0.717, 1.165) is 16.5 Å². The van der Waals surface area contributed by atoms with E-state index in [2.05, 4.69) is 5.32 Å². The van der Waals surface area contributed by atoms with E-state index in [0.29, 0.717) is 21.7 Å². The molecule has 3 rings (SSSR count). The van der Waals surface area contributed by atoms with Crippen molar-refractivity contribution in [3.63, 3.8) is 0 Å². The van der Waals surface area contributed by atoms with Crippen LogP contribution in [0.5, 0.6) is 0 Å². The van der Waals surface area contributed by atoms with Crippen LogP contribution in [0.4, 0.5) is 5.69 Å². The molecule has 2 heterocycles. The molecule has 0 bridgehead atoms. The average molecular weight is 341 g/mol. The zero-order valence-corrected chi connectivity index (χ0v) is 14.2. The van der Waals surface area contributed by atoms with Gasteiger partial charge in [-0.05, 0) is 50.1 Å². The Kier molecular flexibility index (Phi) is 4.07. The molecule has 0 fully saturated rings. The molecular formula is C18H15NO4S. The second kappa shape index (κ2) is 6.05. The molecule has 1 N–H and O–H groups in total. The van der Waals surface area contributed by atoms with Crippen molar-refractivity contribution in [2.24, 2.45) is 0 Å². The summed E-state index contributed by atoms with van der Waals surface area (Å²) in [5.41, 5.74) is 2.75. The maximum Gasteiger partial charge on any atom is 0.336 e. The van der Waals surface area contributed by atoms with Gasteiger partial charge in [0, 0.05) is 22.5 Å². The Morgan fingerprint density at radius 3 is 2.50 bits per heavy atom. The molecule has 0 atom stereocenters. The molecule has 5 nitrogen and oxygen atoms in total. The third-order valence-electron chi connectivity index (χ3n) is 3.75. The minimum Gasteiger partial charge on any atom is -0.423 e. The first-order valence-electron chi connectivity index (χ1n) is 7.31. The lowest BCUT2D eigenvalue weighted by Gasteiger charge is -2.10. The molecule has 1 amide bonds. The molecule has 0 saturated carbocycles. The Labute approximate surface area is 141 Å². The van der Waals surface area contributed by atoms with Crippen molar-refractivity contribution >= 4 is 39.7 Å². The number of rotatable bonds is 3. The van der Waals surface area contributed by atoms with Gasteiger partial charge in [0.2, 0.25) is 0 Å². The lowest BCUT2D eigenvalue weighted by atomic mass is 10.1. The zero-order chi connectivity index (χ0) is 17.4. The van der Waals surface area contributed by atoms with E-state index in [1.165, 1.54) is 24.3 Å². The van der Waals surface area contributed by atoms with E-state index in [4.69, 9.17) is 4.42 Å². The number of nitrogens with one attached hydrogen (secondary N) is 1. The van der Waals surface area contributed by atoms with Crippen molar-refractivity contribution in [3.8, 4) is 0 Å². The van der Waals surface area contributed by atoms with Crippen LogP contribution >= 0.6 is 11.3 Å². The quantitative estimate of drug-likeness (QED) is 0.578. The molecule has 122 valence electrons. The van der Waals surface area contributed by atoms with Gasteiger partial charge in [-0.2, -0.15) is 0 Å². The fourth-order valence-corrected chi connectivity index (χ4v) is 3.23. The van der Waals surface area contributed by atoms with Crippen LogP contribution in [0.1, 0.15) is 38.1 Å². The van der Waals surface area contributed by atoms with Gasteiger partial charge < -0.3 is 9.73 Å². The zero-order valence-electron chi connectivity index (χ0n) is 13.4. The topological polar surface area (TPSA) is 76.4 Å². The number of carbonyl (C=O) groups excluding carboxylic acids is 2. The molecule has 0 unspecified atom stereocenters. The molecule has 2 aromatic heterocycles. The average Bonchev–Trinajstić information content (AvgIpc) is 2.98. The summed E-state index contributed by atoms with van der Waals surface area (Å²) >= 11 is 1.25. The molecule has 0 aliphatic carbocycles. The van der Waals surface area contributed by atoms with Crippen molar-refractivity contribution in [2.75, 3.05) is 5.32 Å². The third-order valence-corrected chi connectivity index (χ3v) is 4.78. The van der Waals surface area contributed by atoms with Crippen LogP contribution in [0.2, 0.25) is 0 Å². The van der Waals surface area contributed by atoms with Gasteiger partial charge in [-0.25, -0.2) is 4.79 Å². The summed E-state index contributed by atoms with van der Waals surface area (Å²) in [6.07, 6.45) is 0. The van der Waals surface area contributed by atoms with E-state index in [1.54, 1.807) is 23.6 Å². The minimum absolute atomic E-state index is 0.0633. The lowest BCUT2D eigenvalue weighted by Crippen LogP contribution is -2.12. The van der Waals surface area contributed by atoms with E-state index >= 15 is 0 Å². The Morgan fingerprint density at radius 1 is 1.08 bits per heavy atom. The number of Topliss-reactive ketones (excluding diaryl/α,β-unsaturated/α-hetero) is 1. The van der Waals surface area contributed by atoms with Crippen LogP contribution in [-0.4, -0.2) is 11.7 Å². The van der Waals surface area contributed by atoms with Gasteiger partial charge in [0.1, 0.15) is 5.58 Å². The van der Waals surface area contributed by atoms with Crippen LogP contribution in [0, 0.1) is 13.8 Å². The monoisotopic (exact) mass is 341 g/mol. The summed E-state index contributed by atoms with van der Waals surface area (Å²) in [5, 5.41) is 5.28. The summed E-state index contributed by atoms with van der Waals surface area (Å²) in [5.74, 6) is -0.345. The van der Waals surface area contributed by atoms with E-state index in [-0.39, 0.29) is 11.7 Å². The number of ketones is 1. The predicted octanol–water partition coefficient (Wildman–Crippen LogP) is 3.93. The Morgan fingerprint density at radius 2 is 1.83 bits per heavy atom. The highest BCUT2D eigenvalue weighted by atomic mass is 32.1. The first-order valence-corrected chi connectivity index (χ1v) is 8.19. The summed E-state index contributed by atoms with van der Waals surface area (Å²) in [4.78, 5) is 35.7. The highest BCUT2D eigenvalue weighted by Crippen LogP contribution is 2.26. The van der Waals surface area contributed by atoms with Crippen molar-refractivity contribution in [1.29, 1.82) is 0 Å². The van der Waals surface area contributed by atoms with Crippen molar-refractivity contribution in [2.45, 2.75) is 20.8 Å². The van der Waals surface area contributed by atoms with Crippen molar-refractivity contribution in [3.05, 3.63) is 61.6 Å². The highest BCUT2D eigenvalue weighted by Gasteiger charge is 2.13. The molecule has 0 spiro atoms. The lowest BCUT2D eigenvalue weighted by molar-refractivity contribution is 0.102. The number of aryl methyl sites for hydroxylation is 2. The molecule has 0 aliphatic rings. The van der Waals surface area contributed by atoms with E-state index < -0.39 is 5.63 Å². The third kappa shape index (κ3) is 3.00. The normalized spacial score (nSPS) is 10.8. The number of anilines is 1. The smallest absolute Gasteiger partial charge is 0.336 e. The van der Waals surface area contributed by atoms with Crippen molar-refractivity contribution in [1.82, 2.24) is 0 Å². The van der Waals surface area contributed by atoms with Crippen LogP contribution in [-0.2, 0) is 0 Å². The highest BCUT2D eigenvalue weighted by molar-refractivity contribution is 7.12. The Balaban J connectivity index is 1.97. The first-order chi connectivity index (χ1) is 11.3. The SMILES string of the molecule is CC(=O)c1cc(C(=O)Nc2cc3c(C)cc(=O)oc3cc2C)cs1. The predicted molar refractivity (Wildman–Crippen MR) is 94.2 cm³/mol. The number of amides is 1. The van der Waals surface area contributed by atoms with Crippen LogP contribution < -0.4 is 10.9 Å². The number of fused-ring (bicyclic) bond motifs is 1. The van der Waals surface area contributed by atoms with Gasteiger partial charge in [0.15, 0.2) is 5.78 Å². The molecule has 24 heavy (non-hydrogen) atoms. The van der Waals surface area contributed by atoms with Crippen LogP contribution in [0.3, 0.4) is 0 Å². The van der Waals surface area contributed by atoms with Gasteiger partial charge >= 0.3 is 5.63 Å². The maximum atomic E-state index is 12.4. The fraction of sp³-hybridized carbons (Fsp3) is 0.167. The Hall–Kier alpha value is -2.73. The van der Waals surface area contributed by atoms with Gasteiger partial charge in [-0.1, -0.05) is 0 Å². The summed E-state index contributed by atoms with van der Waals surface area (Å²) in [6, 6.07) is 6.53. The van der Waals surface area contributed by atoms with Gasteiger partial charge in [-0.15, -0.1) is 11.3 Å². The van der Waals surface area contributed by atoms with E-state index in [9.17, 15) is 14.4 Å². The number of benzene rings is 1. The molecule has 1 aromatic carbocycles. The van der Waals surface area contributed by atoms with Gasteiger partial charge in [0.05, 0.1) is 10.4 Å². The number of carbonyl (C=O) groups is 2. The summed E-state index contributed by atoms with van der Waals surface area (Å²) in [7, 11) is 0. The van der Waals surface area contributed by atoms with Crippen LogP contribution in [0.25, 0.3) is 11.0 Å². The molecule has 0 aliphatic heterocycles. The van der Waals surface area contributed by atoms with Crippen molar-refractivity contribution < 1.29 is 14.0 Å².